The fourth-order valence-corrected chi connectivity index (χ4v) is 6.49. The molecule has 0 amide bonds. The summed E-state index contributed by atoms with van der Waals surface area (Å²) in [6, 6.07) is 31.0. The van der Waals surface area contributed by atoms with E-state index in [1.165, 1.54) is 12.3 Å². The van der Waals surface area contributed by atoms with Gasteiger partial charge in [0.2, 0.25) is 5.60 Å². The van der Waals surface area contributed by atoms with Crippen LogP contribution < -0.4 is 15.1 Å². The minimum Gasteiger partial charge on any atom is -0.487 e. The normalized spacial score (nSPS) is 17.0. The molecule has 228 valence electrons. The van der Waals surface area contributed by atoms with Gasteiger partial charge in [-0.15, -0.1) is 0 Å². The van der Waals surface area contributed by atoms with Gasteiger partial charge in [-0.05, 0) is 20.0 Å². The van der Waals surface area contributed by atoms with Crippen molar-refractivity contribution in [3.05, 3.63) is 142 Å². The van der Waals surface area contributed by atoms with E-state index in [4.69, 9.17) is 9.57 Å². The molecule has 0 spiro atoms. The van der Waals surface area contributed by atoms with E-state index in [9.17, 15) is 4.79 Å². The van der Waals surface area contributed by atoms with Crippen LogP contribution in [0.3, 0.4) is 0 Å². The van der Waals surface area contributed by atoms with Crippen LogP contribution in [0.15, 0.2) is 113 Å². The molecule has 1 unspecified atom stereocenters. The topological polar surface area (TPSA) is 59.3 Å². The summed E-state index contributed by atoms with van der Waals surface area (Å²) >= 11 is 0. The fourth-order valence-electron chi connectivity index (χ4n) is 6.49. The van der Waals surface area contributed by atoms with Crippen LogP contribution in [0.1, 0.15) is 35.2 Å². The largest absolute Gasteiger partial charge is 0.487 e. The lowest BCUT2D eigenvalue weighted by atomic mass is 9.80. The molecule has 8 heteroatoms. The Bertz CT molecular complexity index is 1810. The van der Waals surface area contributed by atoms with Crippen molar-refractivity contribution in [2.24, 2.45) is 5.16 Å². The number of aromatic nitrogens is 1. The van der Waals surface area contributed by atoms with Crippen LogP contribution in [0.2, 0.25) is 0 Å². The van der Waals surface area contributed by atoms with E-state index in [-0.39, 0.29) is 16.9 Å². The number of likely N-dealkylation sites (N-methyl/N-ethyl adjacent to an activating group) is 1. The maximum Gasteiger partial charge on any atom is 0.212 e. The van der Waals surface area contributed by atoms with E-state index >= 15 is 4.39 Å². The van der Waals surface area contributed by atoms with Crippen molar-refractivity contribution in [1.29, 1.82) is 0 Å². The van der Waals surface area contributed by atoms with Gasteiger partial charge in [0, 0.05) is 49.1 Å². The van der Waals surface area contributed by atoms with Crippen LogP contribution in [0.4, 0.5) is 10.1 Å². The molecule has 0 saturated carbocycles. The number of nitrogens with zero attached hydrogens (tertiary/aromatic N) is 4. The van der Waals surface area contributed by atoms with Crippen LogP contribution >= 0.6 is 0 Å². The average Bonchev–Trinajstić information content (AvgIpc) is 3.08. The first-order chi connectivity index (χ1) is 22.0. The van der Waals surface area contributed by atoms with Gasteiger partial charge in [0.25, 0.3) is 0 Å². The SMILES string of the molecule is CC1COc2c(N3CCN(C)CC3)c(F)cc3c(=O)c(C=NOC(c4ccccc4)(c4ccccc4)c4ccccc4)cn1c23. The Labute approximate surface area is 261 Å². The van der Waals surface area contributed by atoms with Crippen molar-refractivity contribution in [1.82, 2.24) is 9.47 Å². The third kappa shape index (κ3) is 5.05. The molecule has 1 aromatic heterocycles. The summed E-state index contributed by atoms with van der Waals surface area (Å²) in [5.74, 6) is -0.0254. The molecule has 2 aliphatic rings. The van der Waals surface area contributed by atoms with Crippen molar-refractivity contribution in [2.45, 2.75) is 18.6 Å². The zero-order chi connectivity index (χ0) is 31.0. The summed E-state index contributed by atoms with van der Waals surface area (Å²) in [6.45, 7) is 5.40. The molecule has 2 aliphatic heterocycles. The second-order valence-electron chi connectivity index (χ2n) is 11.8. The summed E-state index contributed by atoms with van der Waals surface area (Å²) in [4.78, 5) is 24.7. The standard InChI is InChI=1S/C37H35FN4O3/c1-26-25-44-36-33-31(22-32(38)34(36)41-20-18-40(2)19-21-41)35(43)27(24-42(26)33)23-39-45-37(28-12-6-3-7-13-28,29-14-8-4-9-15-29)30-16-10-5-11-17-30/h3-17,22-24,26H,18-21,25H2,1-2H3. The van der Waals surface area contributed by atoms with E-state index in [1.54, 1.807) is 6.20 Å². The van der Waals surface area contributed by atoms with E-state index in [0.717, 1.165) is 29.8 Å². The molecule has 7 nitrogen and oxygen atoms in total. The number of benzene rings is 4. The molecule has 45 heavy (non-hydrogen) atoms. The third-order valence-corrected chi connectivity index (χ3v) is 8.91. The molecular weight excluding hydrogens is 567 g/mol. The van der Waals surface area contributed by atoms with Gasteiger partial charge in [0.05, 0.1) is 28.7 Å². The Balaban J connectivity index is 1.34. The quantitative estimate of drug-likeness (QED) is 0.126. The first-order valence-electron chi connectivity index (χ1n) is 15.3. The number of pyridine rings is 1. The van der Waals surface area contributed by atoms with E-state index < -0.39 is 11.4 Å². The van der Waals surface area contributed by atoms with Gasteiger partial charge in [0.1, 0.15) is 12.3 Å². The molecule has 0 radical (unpaired) electrons. The molecule has 4 aromatic carbocycles. The molecule has 0 aliphatic carbocycles. The molecule has 0 N–H and O–H groups in total. The van der Waals surface area contributed by atoms with E-state index in [0.29, 0.717) is 42.2 Å². The fraction of sp³-hybridized carbons (Fsp3) is 0.243. The highest BCUT2D eigenvalue weighted by Crippen LogP contribution is 2.43. The van der Waals surface area contributed by atoms with Crippen molar-refractivity contribution in [3.63, 3.8) is 0 Å². The Morgan fingerprint density at radius 2 is 1.44 bits per heavy atom. The Kier molecular flexibility index (Phi) is 7.59. The zero-order valence-electron chi connectivity index (χ0n) is 25.4. The molecule has 1 atom stereocenters. The average molecular weight is 603 g/mol. The second-order valence-corrected chi connectivity index (χ2v) is 11.8. The number of anilines is 1. The summed E-state index contributed by atoms with van der Waals surface area (Å²) < 4.78 is 24.0. The van der Waals surface area contributed by atoms with Crippen LogP contribution in [0.5, 0.6) is 5.75 Å². The molecule has 7 rings (SSSR count). The minimum absolute atomic E-state index is 0.0727. The minimum atomic E-state index is -1.08. The number of oxime groups is 1. The van der Waals surface area contributed by atoms with Crippen molar-refractivity contribution in [2.75, 3.05) is 44.7 Å². The van der Waals surface area contributed by atoms with Gasteiger partial charge >= 0.3 is 0 Å². The van der Waals surface area contributed by atoms with Gasteiger partial charge in [-0.3, -0.25) is 4.79 Å². The lowest BCUT2D eigenvalue weighted by molar-refractivity contribution is 0.0183. The van der Waals surface area contributed by atoms with Gasteiger partial charge < -0.3 is 23.9 Å². The first kappa shape index (κ1) is 28.8. The molecule has 3 heterocycles. The predicted octanol–water partition coefficient (Wildman–Crippen LogP) is 6.19. The number of halogens is 1. The number of rotatable bonds is 7. The summed E-state index contributed by atoms with van der Waals surface area (Å²) in [6.07, 6.45) is 3.23. The van der Waals surface area contributed by atoms with Gasteiger partial charge in [0.15, 0.2) is 17.0 Å². The van der Waals surface area contributed by atoms with Gasteiger partial charge in [-0.2, -0.15) is 0 Å². The van der Waals surface area contributed by atoms with E-state index in [2.05, 4.69) is 17.1 Å². The van der Waals surface area contributed by atoms with Crippen molar-refractivity contribution >= 4 is 22.8 Å². The highest BCUT2D eigenvalue weighted by molar-refractivity contribution is 5.95. The Hall–Kier alpha value is -4.95. The molecule has 1 saturated heterocycles. The van der Waals surface area contributed by atoms with Gasteiger partial charge in [-0.1, -0.05) is 96.2 Å². The third-order valence-electron chi connectivity index (χ3n) is 8.91. The van der Waals surface area contributed by atoms with Gasteiger partial charge in [-0.25, -0.2) is 4.39 Å². The zero-order valence-corrected chi connectivity index (χ0v) is 25.4. The van der Waals surface area contributed by atoms with Crippen LogP contribution in [0, 0.1) is 5.82 Å². The van der Waals surface area contributed by atoms with Crippen molar-refractivity contribution < 1.29 is 14.0 Å². The lowest BCUT2D eigenvalue weighted by Gasteiger charge is -2.37. The number of hydrogen-bond acceptors (Lipinski definition) is 6. The highest BCUT2D eigenvalue weighted by atomic mass is 19.1. The smallest absolute Gasteiger partial charge is 0.212 e. The summed E-state index contributed by atoms with van der Waals surface area (Å²) in [7, 11) is 2.06. The monoisotopic (exact) mass is 602 g/mol. The predicted molar refractivity (Wildman–Crippen MR) is 176 cm³/mol. The summed E-state index contributed by atoms with van der Waals surface area (Å²) in [5, 5.41) is 4.76. The Morgan fingerprint density at radius 1 is 0.889 bits per heavy atom. The summed E-state index contributed by atoms with van der Waals surface area (Å²) in [5.41, 5.74) is 2.59. The highest BCUT2D eigenvalue weighted by Gasteiger charge is 2.39. The van der Waals surface area contributed by atoms with E-state index in [1.807, 2.05) is 107 Å². The number of hydrogen-bond donors (Lipinski definition) is 0. The Morgan fingerprint density at radius 3 is 2.00 bits per heavy atom. The number of piperazine rings is 1. The molecule has 1 fully saturated rings. The van der Waals surface area contributed by atoms with Crippen LogP contribution in [-0.2, 0) is 10.4 Å². The van der Waals surface area contributed by atoms with Crippen LogP contribution in [0.25, 0.3) is 10.9 Å². The first-order valence-corrected chi connectivity index (χ1v) is 15.3. The molecule has 0 bridgehead atoms. The molecule has 5 aromatic rings. The van der Waals surface area contributed by atoms with Crippen LogP contribution in [-0.4, -0.2) is 55.5 Å². The maximum absolute atomic E-state index is 15.8. The molecular formula is C37H35FN4O3. The second kappa shape index (κ2) is 11.9. The number of ether oxygens (including phenoxy) is 1. The lowest BCUT2D eigenvalue weighted by Crippen LogP contribution is -2.45. The van der Waals surface area contributed by atoms with Crippen molar-refractivity contribution in [3.8, 4) is 5.75 Å². The maximum atomic E-state index is 15.8.